The minimum absolute atomic E-state index is 0.0162. The number of ether oxygens (including phenoxy) is 1. The molecular weight excluding hydrogens is 689 g/mol. The number of ketones is 1. The number of hydrogen-bond acceptors (Lipinski definition) is 6. The molecule has 2 saturated heterocycles. The Kier molecular flexibility index (Phi) is 9.46. The molecule has 11 atom stereocenters. The van der Waals surface area contributed by atoms with Gasteiger partial charge in [-0.3, -0.25) is 19.2 Å². The lowest BCUT2D eigenvalue weighted by Crippen LogP contribution is -2.66. The third kappa shape index (κ3) is 5.50. The molecule has 2 aliphatic heterocycles. The standard InChI is InChI=1S/C47H72N2O6/c1-28(2)37-33(50)26-47(41(54)49-24-12-13-29(49)27-48-22-10-11-23-48)21-20-45(8)30(38(37)47)14-15-35-44(7)18-17-36(43(5,6)34(44)16-19-46(35,45)9)55-40(53)32-25-31(39(51)52)42(32,3)4/h28-32,34-36H,10-27H2,1-9H3,(H,51,52)/t29-,30+,31-,32+,34-,35?,36-,44-,45+,46+,47+/m0/s1. The highest BCUT2D eigenvalue weighted by molar-refractivity contribution is 6.07. The van der Waals surface area contributed by atoms with E-state index in [4.69, 9.17) is 4.74 Å². The molecule has 0 aromatic heterocycles. The summed E-state index contributed by atoms with van der Waals surface area (Å²) in [6.45, 7) is 24.6. The van der Waals surface area contributed by atoms with Gasteiger partial charge in [-0.2, -0.15) is 0 Å². The number of carboxylic acids is 1. The van der Waals surface area contributed by atoms with Crippen LogP contribution < -0.4 is 0 Å². The van der Waals surface area contributed by atoms with Crippen LogP contribution in [0.4, 0.5) is 0 Å². The third-order valence-corrected chi connectivity index (χ3v) is 19.2. The summed E-state index contributed by atoms with van der Waals surface area (Å²) >= 11 is 0. The first-order chi connectivity index (χ1) is 25.7. The summed E-state index contributed by atoms with van der Waals surface area (Å²) in [5, 5.41) is 9.68. The summed E-state index contributed by atoms with van der Waals surface area (Å²) in [7, 11) is 0. The molecule has 5 saturated carbocycles. The molecule has 7 fully saturated rings. The quantitative estimate of drug-likeness (QED) is 0.259. The molecule has 0 spiro atoms. The molecule has 1 N–H and O–H groups in total. The van der Waals surface area contributed by atoms with Gasteiger partial charge in [0.2, 0.25) is 5.91 Å². The van der Waals surface area contributed by atoms with Crippen molar-refractivity contribution in [2.45, 2.75) is 164 Å². The van der Waals surface area contributed by atoms with E-state index < -0.39 is 22.7 Å². The number of rotatable bonds is 7. The number of allylic oxidation sites excluding steroid dienone is 1. The Labute approximate surface area is 331 Å². The summed E-state index contributed by atoms with van der Waals surface area (Å²) in [5.74, 6) is -0.156. The van der Waals surface area contributed by atoms with Crippen LogP contribution in [0.5, 0.6) is 0 Å². The molecule has 0 aromatic carbocycles. The summed E-state index contributed by atoms with van der Waals surface area (Å²) in [5.41, 5.74) is 0.908. The van der Waals surface area contributed by atoms with E-state index in [1.165, 1.54) is 18.4 Å². The highest BCUT2D eigenvalue weighted by Gasteiger charge is 2.71. The Morgan fingerprint density at radius 2 is 1.49 bits per heavy atom. The number of nitrogens with zero attached hydrogens (tertiary/aromatic N) is 2. The zero-order valence-electron chi connectivity index (χ0n) is 35.7. The molecule has 306 valence electrons. The van der Waals surface area contributed by atoms with Crippen molar-refractivity contribution in [2.24, 2.45) is 68.0 Å². The fourth-order valence-electron chi connectivity index (χ4n) is 15.9. The van der Waals surface area contributed by atoms with Gasteiger partial charge in [0.1, 0.15) is 6.10 Å². The monoisotopic (exact) mass is 761 g/mol. The largest absolute Gasteiger partial charge is 0.481 e. The molecule has 55 heavy (non-hydrogen) atoms. The molecule has 8 aliphatic rings. The van der Waals surface area contributed by atoms with Gasteiger partial charge in [-0.15, -0.1) is 0 Å². The van der Waals surface area contributed by atoms with Gasteiger partial charge in [-0.1, -0.05) is 62.3 Å². The van der Waals surface area contributed by atoms with Gasteiger partial charge in [-0.25, -0.2) is 0 Å². The van der Waals surface area contributed by atoms with E-state index in [1.807, 2.05) is 13.8 Å². The van der Waals surface area contributed by atoms with Crippen molar-refractivity contribution in [1.29, 1.82) is 0 Å². The van der Waals surface area contributed by atoms with E-state index >= 15 is 4.79 Å². The molecule has 0 radical (unpaired) electrons. The lowest BCUT2D eigenvalue weighted by molar-refractivity contribution is -0.236. The zero-order chi connectivity index (χ0) is 39.7. The fraction of sp³-hybridized carbons (Fsp3) is 0.872. The van der Waals surface area contributed by atoms with E-state index in [2.05, 4.69) is 58.3 Å². The lowest BCUT2D eigenvalue weighted by Gasteiger charge is -2.72. The maximum atomic E-state index is 15.3. The van der Waals surface area contributed by atoms with E-state index in [0.29, 0.717) is 24.7 Å². The first kappa shape index (κ1) is 39.6. The van der Waals surface area contributed by atoms with E-state index in [9.17, 15) is 19.5 Å². The molecule has 8 heteroatoms. The van der Waals surface area contributed by atoms with Gasteiger partial charge >= 0.3 is 11.9 Å². The van der Waals surface area contributed by atoms with Crippen LogP contribution in [-0.4, -0.2) is 76.9 Å². The van der Waals surface area contributed by atoms with Gasteiger partial charge in [0.05, 0.1) is 17.3 Å². The Hall–Kier alpha value is -2.22. The smallest absolute Gasteiger partial charge is 0.309 e. The van der Waals surface area contributed by atoms with Gasteiger partial charge in [0.15, 0.2) is 5.78 Å². The first-order valence-corrected chi connectivity index (χ1v) is 22.5. The lowest BCUT2D eigenvalue weighted by atomic mass is 9.33. The van der Waals surface area contributed by atoms with Crippen molar-refractivity contribution in [2.75, 3.05) is 26.2 Å². The Balaban J connectivity index is 1.06. The molecule has 2 heterocycles. The fourth-order valence-corrected chi connectivity index (χ4v) is 15.9. The topological polar surface area (TPSA) is 104 Å². The van der Waals surface area contributed by atoms with Crippen molar-refractivity contribution in [1.82, 2.24) is 9.80 Å². The van der Waals surface area contributed by atoms with Crippen LogP contribution in [0, 0.1) is 68.0 Å². The second-order valence-corrected chi connectivity index (χ2v) is 22.4. The minimum atomic E-state index is -0.823. The molecule has 8 rings (SSSR count). The first-order valence-electron chi connectivity index (χ1n) is 22.5. The van der Waals surface area contributed by atoms with Crippen molar-refractivity contribution in [3.05, 3.63) is 11.1 Å². The van der Waals surface area contributed by atoms with Crippen LogP contribution in [0.2, 0.25) is 0 Å². The average Bonchev–Trinajstić information content (AvgIpc) is 3.85. The van der Waals surface area contributed by atoms with Crippen molar-refractivity contribution < 1.29 is 29.0 Å². The summed E-state index contributed by atoms with van der Waals surface area (Å²) in [6.07, 6.45) is 13.1. The molecule has 1 unspecified atom stereocenters. The van der Waals surface area contributed by atoms with Crippen LogP contribution in [0.25, 0.3) is 0 Å². The van der Waals surface area contributed by atoms with E-state index in [0.717, 1.165) is 96.0 Å². The van der Waals surface area contributed by atoms with Gasteiger partial charge in [0.25, 0.3) is 0 Å². The minimum Gasteiger partial charge on any atom is -0.481 e. The maximum absolute atomic E-state index is 15.3. The zero-order valence-corrected chi connectivity index (χ0v) is 35.7. The van der Waals surface area contributed by atoms with Crippen molar-refractivity contribution in [3.63, 3.8) is 0 Å². The Morgan fingerprint density at radius 3 is 2.15 bits per heavy atom. The summed E-state index contributed by atoms with van der Waals surface area (Å²) in [4.78, 5) is 59.8. The number of carbonyl (C=O) groups excluding carboxylic acids is 3. The van der Waals surface area contributed by atoms with Gasteiger partial charge in [0, 0.05) is 31.0 Å². The highest BCUT2D eigenvalue weighted by atomic mass is 16.5. The number of likely N-dealkylation sites (tertiary alicyclic amines) is 2. The Bertz CT molecular complexity index is 1660. The van der Waals surface area contributed by atoms with Crippen LogP contribution in [0.3, 0.4) is 0 Å². The SMILES string of the molecule is CC(C)C1=C2[C@H]3CCC4[C@@]5(C)CC[C@H](OC(=O)[C@H]6C[C@@H](C(=O)O)C6(C)C)C(C)(C)[C@@H]5CC[C@@]4(C)[C@]3(C)CC[C@@]2(C(=O)N2CCC[C@H]2CN2CCCC2)CC1=O. The van der Waals surface area contributed by atoms with Gasteiger partial charge in [-0.05, 0) is 153 Å². The number of carbonyl (C=O) groups is 4. The summed E-state index contributed by atoms with van der Waals surface area (Å²) in [6, 6.07) is 0.260. The number of aliphatic carboxylic acids is 1. The van der Waals surface area contributed by atoms with E-state index in [1.54, 1.807) is 0 Å². The van der Waals surface area contributed by atoms with E-state index in [-0.39, 0.29) is 69.2 Å². The van der Waals surface area contributed by atoms with Crippen LogP contribution in [-0.2, 0) is 23.9 Å². The van der Waals surface area contributed by atoms with Crippen LogP contribution in [0.15, 0.2) is 11.1 Å². The van der Waals surface area contributed by atoms with Crippen molar-refractivity contribution >= 4 is 23.6 Å². The molecule has 8 nitrogen and oxygen atoms in total. The number of fused-ring (bicyclic) bond motifs is 7. The number of Topliss-reactive ketones (excluding diaryl/α,β-unsaturated/α-hetero) is 1. The second kappa shape index (κ2) is 13.1. The predicted molar refractivity (Wildman–Crippen MR) is 213 cm³/mol. The molecule has 0 bridgehead atoms. The Morgan fingerprint density at radius 1 is 0.782 bits per heavy atom. The molecule has 0 aromatic rings. The van der Waals surface area contributed by atoms with Crippen molar-refractivity contribution in [3.8, 4) is 0 Å². The summed E-state index contributed by atoms with van der Waals surface area (Å²) < 4.78 is 6.44. The molecule has 1 amide bonds. The van der Waals surface area contributed by atoms with Gasteiger partial charge < -0.3 is 19.6 Å². The third-order valence-electron chi connectivity index (χ3n) is 19.2. The van der Waals surface area contributed by atoms with Crippen LogP contribution in [0.1, 0.15) is 152 Å². The highest BCUT2D eigenvalue weighted by Crippen LogP contribution is 2.77. The predicted octanol–water partition coefficient (Wildman–Crippen LogP) is 8.71. The average molecular weight is 761 g/mol. The number of amides is 1. The molecular formula is C47H72N2O6. The number of carboxylic acid groups (broad SMARTS) is 1. The normalized spacial score (nSPS) is 44.7. The van der Waals surface area contributed by atoms with Crippen LogP contribution >= 0.6 is 0 Å². The maximum Gasteiger partial charge on any atom is 0.309 e. The number of esters is 1. The number of hydrogen-bond donors (Lipinski definition) is 1. The molecule has 6 aliphatic carbocycles. The second-order valence-electron chi connectivity index (χ2n) is 22.4.